The number of hydrogen-bond acceptors (Lipinski definition) is 6. The molecule has 164 valence electrons. The van der Waals surface area contributed by atoms with E-state index in [-0.39, 0.29) is 18.1 Å². The fraction of sp³-hybridized carbons (Fsp3) is 0.955. The van der Waals surface area contributed by atoms with Crippen LogP contribution < -0.4 is 5.32 Å². The third-order valence-electron chi connectivity index (χ3n) is 7.20. The van der Waals surface area contributed by atoms with Crippen LogP contribution in [0.5, 0.6) is 0 Å². The molecule has 5 rings (SSSR count). The number of rotatable bonds is 4. The molecule has 2 spiro atoms. The average Bonchev–Trinajstić information content (AvgIpc) is 3.26. The van der Waals surface area contributed by atoms with Crippen molar-refractivity contribution in [3.8, 4) is 0 Å². The van der Waals surface area contributed by atoms with Crippen molar-refractivity contribution >= 4 is 5.91 Å². The lowest BCUT2D eigenvalue weighted by molar-refractivity contribution is -0.247. The Bertz CT molecular complexity index is 600. The van der Waals surface area contributed by atoms with E-state index in [4.69, 9.17) is 23.7 Å². The molecule has 29 heavy (non-hydrogen) atoms. The predicted octanol–water partition coefficient (Wildman–Crippen LogP) is 3.15. The lowest BCUT2D eigenvalue weighted by atomic mass is 9.94. The Morgan fingerprint density at radius 3 is 2.07 bits per heavy atom. The summed E-state index contributed by atoms with van der Waals surface area (Å²) in [5, 5.41) is 3.01. The highest BCUT2D eigenvalue weighted by Crippen LogP contribution is 2.50. The van der Waals surface area contributed by atoms with Gasteiger partial charge >= 0.3 is 0 Å². The number of unbranched alkanes of at least 4 members (excludes halogenated alkanes) is 1. The standard InChI is InChI=1S/C22H35NO6/c1-2-3-14-23-19(24)17-15-16(27-21(26-15)10-6-4-7-11-21)18-20(25-17)29-22(28-18)12-8-5-9-13-22/h15-18,20H,2-14H2,1H3,(H,23,24). The molecule has 1 N–H and O–H groups in total. The molecule has 3 aliphatic heterocycles. The molecule has 2 saturated carbocycles. The van der Waals surface area contributed by atoms with E-state index in [1.165, 1.54) is 12.8 Å². The van der Waals surface area contributed by atoms with Crippen molar-refractivity contribution in [2.24, 2.45) is 0 Å². The Morgan fingerprint density at radius 2 is 1.41 bits per heavy atom. The molecule has 5 aliphatic rings. The molecular formula is C22H35NO6. The summed E-state index contributed by atoms with van der Waals surface area (Å²) in [4.78, 5) is 13.0. The third kappa shape index (κ3) is 3.74. The van der Waals surface area contributed by atoms with Gasteiger partial charge in [0.2, 0.25) is 0 Å². The first-order valence-corrected chi connectivity index (χ1v) is 11.8. The van der Waals surface area contributed by atoms with Crippen LogP contribution in [0.25, 0.3) is 0 Å². The van der Waals surface area contributed by atoms with E-state index in [2.05, 4.69) is 12.2 Å². The van der Waals surface area contributed by atoms with Crippen molar-refractivity contribution in [3.63, 3.8) is 0 Å². The second kappa shape index (κ2) is 8.08. The summed E-state index contributed by atoms with van der Waals surface area (Å²) in [6.07, 6.45) is 9.84. The van der Waals surface area contributed by atoms with E-state index in [0.29, 0.717) is 6.54 Å². The maximum absolute atomic E-state index is 13.0. The number of hydrogen-bond donors (Lipinski definition) is 1. The van der Waals surface area contributed by atoms with E-state index in [0.717, 1.165) is 64.2 Å². The summed E-state index contributed by atoms with van der Waals surface area (Å²) in [6, 6.07) is 0. The summed E-state index contributed by atoms with van der Waals surface area (Å²) in [5.74, 6) is -1.31. The van der Waals surface area contributed by atoms with Gasteiger partial charge < -0.3 is 29.0 Å². The third-order valence-corrected chi connectivity index (χ3v) is 7.20. The zero-order chi connectivity index (χ0) is 19.9. The largest absolute Gasteiger partial charge is 0.354 e. The van der Waals surface area contributed by atoms with Crippen molar-refractivity contribution in [3.05, 3.63) is 0 Å². The zero-order valence-corrected chi connectivity index (χ0v) is 17.5. The zero-order valence-electron chi connectivity index (χ0n) is 17.5. The Hall–Kier alpha value is -0.730. The van der Waals surface area contributed by atoms with E-state index < -0.39 is 30.1 Å². The molecule has 3 saturated heterocycles. The molecule has 0 bridgehead atoms. The highest BCUT2D eigenvalue weighted by atomic mass is 16.9. The van der Waals surface area contributed by atoms with E-state index in [1.54, 1.807) is 0 Å². The van der Waals surface area contributed by atoms with E-state index in [9.17, 15) is 4.79 Å². The smallest absolute Gasteiger partial charge is 0.252 e. The molecule has 7 heteroatoms. The molecule has 1 amide bonds. The van der Waals surface area contributed by atoms with Gasteiger partial charge in [-0.15, -0.1) is 0 Å². The number of ether oxygens (including phenoxy) is 5. The fourth-order valence-corrected chi connectivity index (χ4v) is 5.66. The van der Waals surface area contributed by atoms with Crippen LogP contribution in [0.1, 0.15) is 84.0 Å². The predicted molar refractivity (Wildman–Crippen MR) is 104 cm³/mol. The molecular weight excluding hydrogens is 374 g/mol. The second-order valence-electron chi connectivity index (χ2n) is 9.38. The van der Waals surface area contributed by atoms with Gasteiger partial charge in [-0.1, -0.05) is 26.2 Å². The van der Waals surface area contributed by atoms with Crippen molar-refractivity contribution in [1.29, 1.82) is 0 Å². The summed E-state index contributed by atoms with van der Waals surface area (Å²) >= 11 is 0. The molecule has 0 radical (unpaired) electrons. The molecule has 3 heterocycles. The van der Waals surface area contributed by atoms with Gasteiger partial charge in [-0.05, 0) is 32.1 Å². The molecule has 5 atom stereocenters. The summed E-state index contributed by atoms with van der Waals surface area (Å²) in [5.41, 5.74) is 0. The van der Waals surface area contributed by atoms with Gasteiger partial charge in [0.05, 0.1) is 0 Å². The minimum atomic E-state index is -0.721. The first kappa shape index (κ1) is 20.2. The topological polar surface area (TPSA) is 75.3 Å². The van der Waals surface area contributed by atoms with Gasteiger partial charge in [0.1, 0.15) is 18.3 Å². The molecule has 0 aromatic rings. The first-order chi connectivity index (χ1) is 14.1. The van der Waals surface area contributed by atoms with Gasteiger partial charge in [-0.3, -0.25) is 4.79 Å². The van der Waals surface area contributed by atoms with Crippen LogP contribution in [0.4, 0.5) is 0 Å². The highest BCUT2D eigenvalue weighted by molar-refractivity contribution is 5.81. The Kier molecular flexibility index (Phi) is 5.62. The van der Waals surface area contributed by atoms with Gasteiger partial charge in [0.15, 0.2) is 24.0 Å². The molecule has 0 aromatic carbocycles. The van der Waals surface area contributed by atoms with E-state index >= 15 is 0 Å². The minimum absolute atomic E-state index is 0.128. The molecule has 5 fully saturated rings. The van der Waals surface area contributed by atoms with Crippen LogP contribution in [0, 0.1) is 0 Å². The van der Waals surface area contributed by atoms with E-state index in [1.807, 2.05) is 0 Å². The van der Waals surface area contributed by atoms with Gasteiger partial charge in [0.25, 0.3) is 5.91 Å². The summed E-state index contributed by atoms with van der Waals surface area (Å²) < 4.78 is 32.1. The molecule has 7 nitrogen and oxygen atoms in total. The van der Waals surface area contributed by atoms with Crippen LogP contribution in [-0.2, 0) is 28.5 Å². The Morgan fingerprint density at radius 1 is 0.828 bits per heavy atom. The maximum atomic E-state index is 13.0. The summed E-state index contributed by atoms with van der Waals surface area (Å²) in [7, 11) is 0. The number of fused-ring (bicyclic) bond motifs is 3. The van der Waals surface area contributed by atoms with Crippen LogP contribution in [0.2, 0.25) is 0 Å². The van der Waals surface area contributed by atoms with Crippen LogP contribution in [0.3, 0.4) is 0 Å². The van der Waals surface area contributed by atoms with Gasteiger partial charge in [-0.2, -0.15) is 0 Å². The van der Waals surface area contributed by atoms with Crippen molar-refractivity contribution in [2.45, 2.75) is 126 Å². The number of amides is 1. The molecule has 0 aromatic heterocycles. The molecule has 5 unspecified atom stereocenters. The van der Waals surface area contributed by atoms with Crippen LogP contribution >= 0.6 is 0 Å². The van der Waals surface area contributed by atoms with Gasteiger partial charge in [0, 0.05) is 32.2 Å². The average molecular weight is 410 g/mol. The monoisotopic (exact) mass is 409 g/mol. The first-order valence-electron chi connectivity index (χ1n) is 11.8. The fourth-order valence-electron chi connectivity index (χ4n) is 5.66. The van der Waals surface area contributed by atoms with Crippen molar-refractivity contribution in [2.75, 3.05) is 6.54 Å². The van der Waals surface area contributed by atoms with Crippen LogP contribution in [-0.4, -0.2) is 54.7 Å². The van der Waals surface area contributed by atoms with Crippen molar-refractivity contribution < 1.29 is 28.5 Å². The van der Waals surface area contributed by atoms with Crippen LogP contribution in [0.15, 0.2) is 0 Å². The quantitative estimate of drug-likeness (QED) is 0.719. The van der Waals surface area contributed by atoms with Crippen molar-refractivity contribution in [1.82, 2.24) is 5.32 Å². The minimum Gasteiger partial charge on any atom is -0.354 e. The lowest BCUT2D eigenvalue weighted by Gasteiger charge is -2.36. The maximum Gasteiger partial charge on any atom is 0.252 e. The molecule has 2 aliphatic carbocycles. The number of carbonyl (C=O) groups is 1. The Labute approximate surface area is 173 Å². The SMILES string of the molecule is CCCCNC(=O)C1OC2OC3(CCCCC3)OC2C2OC3(CCCCC3)OC12. The highest BCUT2D eigenvalue weighted by Gasteiger charge is 2.65. The number of carbonyl (C=O) groups excluding carboxylic acids is 1. The Balaban J connectivity index is 1.37. The lowest BCUT2D eigenvalue weighted by Crippen LogP contribution is -2.59. The second-order valence-corrected chi connectivity index (χ2v) is 9.38. The summed E-state index contributed by atoms with van der Waals surface area (Å²) in [6.45, 7) is 2.76. The van der Waals surface area contributed by atoms with Gasteiger partial charge in [-0.25, -0.2) is 0 Å². The normalized spacial score (nSPS) is 40.0. The number of nitrogens with one attached hydrogen (secondary N) is 1.